The second-order valence-electron chi connectivity index (χ2n) is 4.14. The molecule has 0 spiro atoms. The molecule has 21 heavy (non-hydrogen) atoms. The van der Waals surface area contributed by atoms with Crippen LogP contribution < -0.4 is 10.1 Å². The van der Waals surface area contributed by atoms with Gasteiger partial charge in [0, 0.05) is 12.6 Å². The second-order valence-corrected chi connectivity index (χ2v) is 5.81. The first-order chi connectivity index (χ1) is 10.0. The molecular weight excluding hydrogens is 382 g/mol. The third-order valence-electron chi connectivity index (χ3n) is 2.62. The van der Waals surface area contributed by atoms with Crippen molar-refractivity contribution in [3.05, 3.63) is 50.3 Å². The van der Waals surface area contributed by atoms with Crippen LogP contribution in [0.5, 0.6) is 5.75 Å². The molecule has 0 atom stereocenters. The van der Waals surface area contributed by atoms with E-state index >= 15 is 0 Å². The summed E-state index contributed by atoms with van der Waals surface area (Å²) < 4.78 is 19.6. The fraction of sp³-hybridized carbons (Fsp3) is 0.214. The molecule has 112 valence electrons. The summed E-state index contributed by atoms with van der Waals surface area (Å²) >= 11 is 15.0. The van der Waals surface area contributed by atoms with Gasteiger partial charge in [-0.25, -0.2) is 9.37 Å². The lowest BCUT2D eigenvalue weighted by Crippen LogP contribution is -2.04. The van der Waals surface area contributed by atoms with Crippen LogP contribution in [0, 0.1) is 5.82 Å². The Labute approximate surface area is 140 Å². The Morgan fingerprint density at radius 3 is 2.76 bits per heavy atom. The van der Waals surface area contributed by atoms with Crippen LogP contribution in [0.15, 0.2) is 28.7 Å². The van der Waals surface area contributed by atoms with Gasteiger partial charge in [-0.1, -0.05) is 23.2 Å². The summed E-state index contributed by atoms with van der Waals surface area (Å²) in [5.41, 5.74) is 0.567. The van der Waals surface area contributed by atoms with E-state index in [1.54, 1.807) is 12.1 Å². The maximum absolute atomic E-state index is 13.4. The van der Waals surface area contributed by atoms with Gasteiger partial charge in [0.25, 0.3) is 0 Å². The van der Waals surface area contributed by atoms with Crippen molar-refractivity contribution >= 4 is 44.9 Å². The molecule has 0 aliphatic carbocycles. The van der Waals surface area contributed by atoms with Crippen LogP contribution in [0.2, 0.25) is 10.0 Å². The fourth-order valence-electron chi connectivity index (χ4n) is 1.63. The zero-order valence-electron chi connectivity index (χ0n) is 11.1. The Morgan fingerprint density at radius 1 is 1.29 bits per heavy atom. The van der Waals surface area contributed by atoms with Crippen LogP contribution in [0.3, 0.4) is 0 Å². The summed E-state index contributed by atoms with van der Waals surface area (Å²) in [5.74, 6) is 0.501. The highest BCUT2D eigenvalue weighted by Gasteiger charge is 2.10. The van der Waals surface area contributed by atoms with Gasteiger partial charge < -0.3 is 10.1 Å². The summed E-state index contributed by atoms with van der Waals surface area (Å²) in [6.07, 6.45) is 0. The van der Waals surface area contributed by atoms with Gasteiger partial charge in [0.2, 0.25) is 0 Å². The molecule has 0 radical (unpaired) electrons. The molecule has 1 N–H and O–H groups in total. The third kappa shape index (κ3) is 4.22. The number of benzene rings is 1. The zero-order valence-corrected chi connectivity index (χ0v) is 14.2. The van der Waals surface area contributed by atoms with E-state index in [1.165, 1.54) is 12.1 Å². The van der Waals surface area contributed by atoms with Gasteiger partial charge in [-0.2, -0.15) is 0 Å². The number of anilines is 1. The number of aromatic nitrogens is 1. The van der Waals surface area contributed by atoms with Crippen molar-refractivity contribution in [2.75, 3.05) is 11.9 Å². The van der Waals surface area contributed by atoms with Gasteiger partial charge in [0.05, 0.1) is 20.2 Å². The maximum Gasteiger partial charge on any atom is 0.145 e. The molecule has 0 fully saturated rings. The van der Waals surface area contributed by atoms with Crippen molar-refractivity contribution in [3.8, 4) is 5.75 Å². The quantitative estimate of drug-likeness (QED) is 0.699. The smallest absolute Gasteiger partial charge is 0.145 e. The number of nitrogens with one attached hydrogen (secondary N) is 1. The number of rotatable bonds is 5. The summed E-state index contributed by atoms with van der Waals surface area (Å²) in [7, 11) is 0. The van der Waals surface area contributed by atoms with Crippen molar-refractivity contribution < 1.29 is 9.13 Å². The highest BCUT2D eigenvalue weighted by atomic mass is 79.9. The largest absolute Gasteiger partial charge is 0.486 e. The predicted molar refractivity (Wildman–Crippen MR) is 86.9 cm³/mol. The number of pyridine rings is 1. The molecule has 0 bridgehead atoms. The molecule has 3 nitrogen and oxygen atoms in total. The predicted octanol–water partition coefficient (Wildman–Crippen LogP) is 5.30. The molecule has 1 aromatic heterocycles. The Hall–Kier alpha value is -1.04. The second kappa shape index (κ2) is 7.29. The highest BCUT2D eigenvalue weighted by molar-refractivity contribution is 9.10. The van der Waals surface area contributed by atoms with Crippen molar-refractivity contribution in [3.63, 3.8) is 0 Å². The van der Waals surface area contributed by atoms with Gasteiger partial charge in [-0.15, -0.1) is 0 Å². The number of hydrogen-bond acceptors (Lipinski definition) is 3. The first-order valence-corrected chi connectivity index (χ1v) is 7.72. The monoisotopic (exact) mass is 392 g/mol. The molecular formula is C14H12BrCl2FN2O. The topological polar surface area (TPSA) is 34.1 Å². The maximum atomic E-state index is 13.4. The average Bonchev–Trinajstić information content (AvgIpc) is 2.44. The molecule has 0 unspecified atom stereocenters. The fourth-order valence-corrected chi connectivity index (χ4v) is 2.54. The molecule has 2 rings (SSSR count). The first kappa shape index (κ1) is 16.3. The van der Waals surface area contributed by atoms with E-state index in [0.29, 0.717) is 26.8 Å². The minimum atomic E-state index is -0.546. The molecule has 0 saturated heterocycles. The van der Waals surface area contributed by atoms with Crippen molar-refractivity contribution in [1.29, 1.82) is 0 Å². The van der Waals surface area contributed by atoms with E-state index in [4.69, 9.17) is 27.9 Å². The van der Waals surface area contributed by atoms with Crippen LogP contribution >= 0.6 is 39.1 Å². The normalized spacial score (nSPS) is 10.5. The summed E-state index contributed by atoms with van der Waals surface area (Å²) in [6, 6.07) is 6.18. The lowest BCUT2D eigenvalue weighted by Gasteiger charge is -2.11. The van der Waals surface area contributed by atoms with Gasteiger partial charge in [-0.05, 0) is 41.1 Å². The van der Waals surface area contributed by atoms with Crippen LogP contribution in [-0.4, -0.2) is 11.5 Å². The molecule has 1 heterocycles. The number of hydrogen-bond donors (Lipinski definition) is 1. The van der Waals surface area contributed by atoms with E-state index in [9.17, 15) is 4.39 Å². The standard InChI is InChI=1S/C14H12BrCl2FN2O/c1-2-19-14-4-3-9(16)12(20-14)7-21-13-6-11(18)10(17)5-8(13)15/h3-6H,2,7H2,1H3,(H,19,20). The molecule has 0 aliphatic heterocycles. The molecule has 2 aromatic rings. The Bertz CT molecular complexity index is 655. The minimum absolute atomic E-state index is 0.0273. The van der Waals surface area contributed by atoms with Crippen LogP contribution in [-0.2, 0) is 6.61 Å². The van der Waals surface area contributed by atoms with E-state index < -0.39 is 5.82 Å². The first-order valence-electron chi connectivity index (χ1n) is 6.18. The van der Waals surface area contributed by atoms with Gasteiger partial charge >= 0.3 is 0 Å². The van der Waals surface area contributed by atoms with E-state index in [-0.39, 0.29) is 11.6 Å². The van der Waals surface area contributed by atoms with Crippen LogP contribution in [0.1, 0.15) is 12.6 Å². The molecule has 7 heteroatoms. The van der Waals surface area contributed by atoms with Gasteiger partial charge in [-0.3, -0.25) is 0 Å². The Balaban J connectivity index is 2.16. The van der Waals surface area contributed by atoms with E-state index in [0.717, 1.165) is 6.54 Å². The van der Waals surface area contributed by atoms with E-state index in [2.05, 4.69) is 26.2 Å². The van der Waals surface area contributed by atoms with Crippen molar-refractivity contribution in [2.45, 2.75) is 13.5 Å². The SMILES string of the molecule is CCNc1ccc(Cl)c(COc2cc(F)c(Cl)cc2Br)n1. The third-order valence-corrected chi connectivity index (χ3v) is 3.87. The molecule has 0 saturated carbocycles. The molecule has 1 aromatic carbocycles. The summed E-state index contributed by atoms with van der Waals surface area (Å²) in [6.45, 7) is 2.85. The zero-order chi connectivity index (χ0) is 15.4. The van der Waals surface area contributed by atoms with Crippen molar-refractivity contribution in [2.24, 2.45) is 0 Å². The number of halogens is 4. The average molecular weight is 394 g/mol. The summed E-state index contributed by atoms with van der Waals surface area (Å²) in [4.78, 5) is 4.34. The lowest BCUT2D eigenvalue weighted by atomic mass is 10.3. The van der Waals surface area contributed by atoms with Gasteiger partial charge in [0.1, 0.15) is 24.0 Å². The van der Waals surface area contributed by atoms with Crippen LogP contribution in [0.4, 0.5) is 10.2 Å². The lowest BCUT2D eigenvalue weighted by molar-refractivity contribution is 0.298. The van der Waals surface area contributed by atoms with E-state index in [1.807, 2.05) is 6.92 Å². The summed E-state index contributed by atoms with van der Waals surface area (Å²) in [5, 5.41) is 3.60. The Kier molecular flexibility index (Phi) is 5.67. The Morgan fingerprint density at radius 2 is 2.05 bits per heavy atom. The minimum Gasteiger partial charge on any atom is -0.486 e. The molecule has 0 amide bonds. The number of ether oxygens (including phenoxy) is 1. The molecule has 0 aliphatic rings. The van der Waals surface area contributed by atoms with Crippen molar-refractivity contribution in [1.82, 2.24) is 4.98 Å². The number of nitrogens with zero attached hydrogens (tertiary/aromatic N) is 1. The van der Waals surface area contributed by atoms with Gasteiger partial charge in [0.15, 0.2) is 0 Å². The van der Waals surface area contributed by atoms with Crippen LogP contribution in [0.25, 0.3) is 0 Å². The highest BCUT2D eigenvalue weighted by Crippen LogP contribution is 2.31.